The standard InChI is InChI=1S/C24H17N3O/c28-24(21-13-5-6-14-22(21)27-15-7-8-16-27)26-25-23-19-11-3-1-9-17(19)18-10-2-4-12-20(18)23/h1-16H,(H,26,28). The summed E-state index contributed by atoms with van der Waals surface area (Å²) in [6, 6.07) is 27.6. The average Bonchev–Trinajstić information content (AvgIpc) is 3.39. The fourth-order valence-electron chi connectivity index (χ4n) is 3.67. The Morgan fingerprint density at radius 2 is 1.21 bits per heavy atom. The van der Waals surface area contributed by atoms with Gasteiger partial charge in [0, 0.05) is 23.5 Å². The van der Waals surface area contributed by atoms with E-state index in [-0.39, 0.29) is 5.91 Å². The number of benzene rings is 3. The molecule has 0 saturated carbocycles. The van der Waals surface area contributed by atoms with E-state index in [1.165, 1.54) is 0 Å². The highest BCUT2D eigenvalue weighted by Gasteiger charge is 2.24. The van der Waals surface area contributed by atoms with Crippen molar-refractivity contribution < 1.29 is 4.79 Å². The molecule has 4 aromatic rings. The second-order valence-electron chi connectivity index (χ2n) is 6.60. The molecular weight excluding hydrogens is 346 g/mol. The van der Waals surface area contributed by atoms with E-state index in [9.17, 15) is 4.79 Å². The molecule has 1 aromatic heterocycles. The van der Waals surface area contributed by atoms with Crippen LogP contribution in [0.25, 0.3) is 16.8 Å². The molecule has 1 aliphatic rings. The topological polar surface area (TPSA) is 46.4 Å². The van der Waals surface area contributed by atoms with Gasteiger partial charge in [0.15, 0.2) is 0 Å². The van der Waals surface area contributed by atoms with Gasteiger partial charge in [0.25, 0.3) is 5.91 Å². The first kappa shape index (κ1) is 16.3. The second kappa shape index (κ2) is 6.67. The lowest BCUT2D eigenvalue weighted by atomic mass is 10.1. The van der Waals surface area contributed by atoms with E-state index in [4.69, 9.17) is 0 Å². The molecule has 1 heterocycles. The van der Waals surface area contributed by atoms with Crippen LogP contribution in [0.2, 0.25) is 0 Å². The lowest BCUT2D eigenvalue weighted by molar-refractivity contribution is 0.0955. The van der Waals surface area contributed by atoms with Crippen LogP contribution in [0.3, 0.4) is 0 Å². The van der Waals surface area contributed by atoms with E-state index < -0.39 is 0 Å². The minimum absolute atomic E-state index is 0.237. The number of hydrazone groups is 1. The highest BCUT2D eigenvalue weighted by Crippen LogP contribution is 2.36. The number of aromatic nitrogens is 1. The van der Waals surface area contributed by atoms with E-state index in [1.807, 2.05) is 83.7 Å². The van der Waals surface area contributed by atoms with Crippen LogP contribution < -0.4 is 5.43 Å². The number of carbonyl (C=O) groups is 1. The van der Waals surface area contributed by atoms with Crippen molar-refractivity contribution in [3.05, 3.63) is 114 Å². The number of hydrogen-bond acceptors (Lipinski definition) is 2. The van der Waals surface area contributed by atoms with E-state index >= 15 is 0 Å². The number of fused-ring (bicyclic) bond motifs is 3. The van der Waals surface area contributed by atoms with Gasteiger partial charge in [-0.2, -0.15) is 5.10 Å². The molecule has 0 fully saturated rings. The number of rotatable bonds is 3. The summed E-state index contributed by atoms with van der Waals surface area (Å²) in [6.45, 7) is 0. The first-order valence-corrected chi connectivity index (χ1v) is 9.12. The van der Waals surface area contributed by atoms with Crippen LogP contribution in [-0.4, -0.2) is 16.2 Å². The normalized spacial score (nSPS) is 11.6. The molecule has 5 rings (SSSR count). The second-order valence-corrected chi connectivity index (χ2v) is 6.60. The van der Waals surface area contributed by atoms with Crippen molar-refractivity contribution in [1.29, 1.82) is 0 Å². The number of amides is 1. The molecule has 0 radical (unpaired) electrons. The van der Waals surface area contributed by atoms with E-state index in [0.717, 1.165) is 33.7 Å². The molecule has 0 unspecified atom stereocenters. The maximum atomic E-state index is 12.9. The highest BCUT2D eigenvalue weighted by molar-refractivity contribution is 6.24. The van der Waals surface area contributed by atoms with Crippen LogP contribution in [0, 0.1) is 0 Å². The fraction of sp³-hybridized carbons (Fsp3) is 0. The predicted octanol–water partition coefficient (Wildman–Crippen LogP) is 4.64. The minimum atomic E-state index is -0.237. The summed E-state index contributed by atoms with van der Waals surface area (Å²) in [7, 11) is 0. The number of para-hydroxylation sites is 1. The van der Waals surface area contributed by atoms with Gasteiger partial charge in [-0.1, -0.05) is 60.7 Å². The Hall–Kier alpha value is -3.92. The fourth-order valence-corrected chi connectivity index (χ4v) is 3.67. The van der Waals surface area contributed by atoms with Crippen molar-refractivity contribution in [2.45, 2.75) is 0 Å². The van der Waals surface area contributed by atoms with Gasteiger partial charge in [0.2, 0.25) is 0 Å². The van der Waals surface area contributed by atoms with Crippen molar-refractivity contribution in [3.8, 4) is 16.8 Å². The quantitative estimate of drug-likeness (QED) is 0.466. The predicted molar refractivity (Wildman–Crippen MR) is 111 cm³/mol. The van der Waals surface area contributed by atoms with Gasteiger partial charge in [-0.15, -0.1) is 0 Å². The Kier molecular flexibility index (Phi) is 3.87. The zero-order valence-corrected chi connectivity index (χ0v) is 15.0. The van der Waals surface area contributed by atoms with Crippen LogP contribution in [0.5, 0.6) is 0 Å². The molecule has 0 spiro atoms. The third kappa shape index (κ3) is 2.63. The van der Waals surface area contributed by atoms with E-state index in [2.05, 4.69) is 22.7 Å². The Morgan fingerprint density at radius 1 is 0.679 bits per heavy atom. The summed E-state index contributed by atoms with van der Waals surface area (Å²) < 4.78 is 1.92. The van der Waals surface area contributed by atoms with Crippen molar-refractivity contribution in [2.24, 2.45) is 5.10 Å². The molecule has 0 bridgehead atoms. The van der Waals surface area contributed by atoms with Gasteiger partial charge in [0.05, 0.1) is 17.0 Å². The lowest BCUT2D eigenvalue weighted by Crippen LogP contribution is -2.21. The molecule has 0 saturated heterocycles. The van der Waals surface area contributed by atoms with Crippen molar-refractivity contribution in [2.75, 3.05) is 0 Å². The Labute approximate surface area is 162 Å². The van der Waals surface area contributed by atoms with Crippen molar-refractivity contribution >= 4 is 11.6 Å². The molecule has 4 nitrogen and oxygen atoms in total. The van der Waals surface area contributed by atoms with E-state index in [1.54, 1.807) is 6.07 Å². The molecule has 1 N–H and O–H groups in total. The summed E-state index contributed by atoms with van der Waals surface area (Å²) in [5, 5.41) is 4.51. The third-order valence-electron chi connectivity index (χ3n) is 4.96. The van der Waals surface area contributed by atoms with Crippen LogP contribution in [-0.2, 0) is 0 Å². The summed E-state index contributed by atoms with van der Waals surface area (Å²) in [6.07, 6.45) is 3.84. The van der Waals surface area contributed by atoms with Crippen LogP contribution in [0.1, 0.15) is 21.5 Å². The number of hydrogen-bond donors (Lipinski definition) is 1. The molecule has 1 amide bonds. The van der Waals surface area contributed by atoms with Crippen molar-refractivity contribution in [3.63, 3.8) is 0 Å². The smallest absolute Gasteiger partial charge is 0.273 e. The first-order valence-electron chi connectivity index (χ1n) is 9.12. The summed E-state index contributed by atoms with van der Waals surface area (Å²) in [5.41, 5.74) is 9.28. The Balaban J connectivity index is 1.52. The maximum absolute atomic E-state index is 12.9. The van der Waals surface area contributed by atoms with Crippen LogP contribution in [0.15, 0.2) is 102 Å². The first-order chi connectivity index (χ1) is 13.8. The molecule has 0 atom stereocenters. The summed E-state index contributed by atoms with van der Waals surface area (Å²) >= 11 is 0. The largest absolute Gasteiger partial charge is 0.323 e. The van der Waals surface area contributed by atoms with Crippen LogP contribution >= 0.6 is 0 Å². The Bertz CT molecular complexity index is 1160. The number of carbonyl (C=O) groups excluding carboxylic acids is 1. The van der Waals surface area contributed by atoms with Gasteiger partial charge >= 0.3 is 0 Å². The monoisotopic (exact) mass is 363 g/mol. The van der Waals surface area contributed by atoms with Gasteiger partial charge in [-0.05, 0) is 35.4 Å². The lowest BCUT2D eigenvalue weighted by Gasteiger charge is -2.10. The minimum Gasteiger partial charge on any atom is -0.323 e. The third-order valence-corrected chi connectivity index (χ3v) is 4.96. The maximum Gasteiger partial charge on any atom is 0.273 e. The highest BCUT2D eigenvalue weighted by atomic mass is 16.2. The zero-order valence-electron chi connectivity index (χ0n) is 15.0. The van der Waals surface area contributed by atoms with Gasteiger partial charge in [0.1, 0.15) is 0 Å². The number of nitrogens with one attached hydrogen (secondary N) is 1. The molecular formula is C24H17N3O. The van der Waals surface area contributed by atoms with Crippen molar-refractivity contribution in [1.82, 2.24) is 9.99 Å². The van der Waals surface area contributed by atoms with Gasteiger partial charge in [-0.25, -0.2) is 5.43 Å². The molecule has 1 aliphatic carbocycles. The van der Waals surface area contributed by atoms with Gasteiger partial charge < -0.3 is 4.57 Å². The molecule has 4 heteroatoms. The molecule has 134 valence electrons. The average molecular weight is 363 g/mol. The summed E-state index contributed by atoms with van der Waals surface area (Å²) in [5.74, 6) is -0.237. The SMILES string of the molecule is O=C(NN=C1c2ccccc2-c2ccccc21)c1ccccc1-n1cccc1. The zero-order chi connectivity index (χ0) is 18.9. The molecule has 0 aliphatic heterocycles. The molecule has 28 heavy (non-hydrogen) atoms. The van der Waals surface area contributed by atoms with Gasteiger partial charge in [-0.3, -0.25) is 4.79 Å². The molecule has 3 aromatic carbocycles. The Morgan fingerprint density at radius 3 is 1.86 bits per heavy atom. The summed E-state index contributed by atoms with van der Waals surface area (Å²) in [4.78, 5) is 12.9. The van der Waals surface area contributed by atoms with Crippen LogP contribution in [0.4, 0.5) is 0 Å². The van der Waals surface area contributed by atoms with E-state index in [0.29, 0.717) is 5.56 Å². The number of nitrogens with zero attached hydrogens (tertiary/aromatic N) is 2.